The number of rotatable bonds is 5. The first-order valence-electron chi connectivity index (χ1n) is 5.38. The summed E-state index contributed by atoms with van der Waals surface area (Å²) in [4.78, 5) is 14.5. The molecule has 98 valence electrons. The van der Waals surface area contributed by atoms with Crippen molar-refractivity contribution in [2.45, 2.75) is 25.9 Å². The fourth-order valence-electron chi connectivity index (χ4n) is 1.55. The molecule has 0 saturated heterocycles. The Morgan fingerprint density at radius 3 is 2.59 bits per heavy atom. The molecule has 0 bridgehead atoms. The minimum atomic E-state index is -0.412. The molecule has 0 fully saturated rings. The summed E-state index contributed by atoms with van der Waals surface area (Å²) in [5.74, 6) is -0.221. The summed E-state index contributed by atoms with van der Waals surface area (Å²) in [7, 11) is 3.96. The third-order valence-electron chi connectivity index (χ3n) is 2.46. The third kappa shape index (κ3) is 5.06. The molecule has 1 aromatic rings. The quantitative estimate of drug-likeness (QED) is 0.775. The van der Waals surface area contributed by atoms with E-state index in [0.29, 0.717) is 4.88 Å². The molecule has 5 heteroatoms. The summed E-state index contributed by atoms with van der Waals surface area (Å²) in [6, 6.07) is 3.65. The molecule has 0 aliphatic rings. The molecular formula is C12H20ClNO2S. The lowest BCUT2D eigenvalue weighted by molar-refractivity contribution is -0.0214. The van der Waals surface area contributed by atoms with Gasteiger partial charge in [-0.05, 0) is 38.9 Å². The maximum atomic E-state index is 11.8. The van der Waals surface area contributed by atoms with Crippen LogP contribution in [0.5, 0.6) is 0 Å². The molecular weight excluding hydrogens is 258 g/mol. The molecule has 0 spiro atoms. The van der Waals surface area contributed by atoms with Crippen molar-refractivity contribution in [3.8, 4) is 0 Å². The second-order valence-corrected chi connectivity index (χ2v) is 5.36. The molecule has 1 aromatic heterocycles. The Morgan fingerprint density at radius 2 is 2.18 bits per heavy atom. The summed E-state index contributed by atoms with van der Waals surface area (Å²) >= 11 is 1.41. The van der Waals surface area contributed by atoms with E-state index in [1.807, 2.05) is 44.3 Å². The highest BCUT2D eigenvalue weighted by Gasteiger charge is 2.28. The van der Waals surface area contributed by atoms with E-state index in [9.17, 15) is 4.79 Å². The van der Waals surface area contributed by atoms with Crippen LogP contribution in [0.2, 0.25) is 0 Å². The van der Waals surface area contributed by atoms with Crippen LogP contribution in [0.25, 0.3) is 0 Å². The van der Waals surface area contributed by atoms with Crippen LogP contribution in [-0.2, 0) is 4.74 Å². The Bertz CT molecular complexity index is 340. The lowest BCUT2D eigenvalue weighted by Crippen LogP contribution is -2.41. The van der Waals surface area contributed by atoms with E-state index in [2.05, 4.69) is 0 Å². The normalized spacial score (nSPS) is 13.9. The van der Waals surface area contributed by atoms with Crippen LogP contribution < -0.4 is 0 Å². The summed E-state index contributed by atoms with van der Waals surface area (Å²) in [5, 5.41) is 1.88. The largest absolute Gasteiger partial charge is 0.454 e. The lowest BCUT2D eigenvalue weighted by atomic mass is 10.0. The van der Waals surface area contributed by atoms with Crippen molar-refractivity contribution >= 4 is 29.7 Å². The van der Waals surface area contributed by atoms with Gasteiger partial charge in [0.15, 0.2) is 0 Å². The van der Waals surface area contributed by atoms with Gasteiger partial charge < -0.3 is 9.64 Å². The molecule has 0 amide bonds. The second-order valence-electron chi connectivity index (χ2n) is 4.41. The molecule has 1 unspecified atom stereocenters. The number of hydrogen-bond acceptors (Lipinski definition) is 4. The van der Waals surface area contributed by atoms with E-state index in [4.69, 9.17) is 4.74 Å². The Kier molecular flexibility index (Phi) is 6.75. The van der Waals surface area contributed by atoms with Crippen molar-refractivity contribution in [3.05, 3.63) is 22.4 Å². The number of nitrogens with zero attached hydrogens (tertiary/aromatic N) is 1. The van der Waals surface area contributed by atoms with Gasteiger partial charge in [-0.15, -0.1) is 23.7 Å². The zero-order valence-corrected chi connectivity index (χ0v) is 12.4. The van der Waals surface area contributed by atoms with Gasteiger partial charge in [-0.1, -0.05) is 13.0 Å². The fourth-order valence-corrected chi connectivity index (χ4v) is 2.15. The summed E-state index contributed by atoms with van der Waals surface area (Å²) in [6.45, 7) is 4.74. The molecule has 3 nitrogen and oxygen atoms in total. The van der Waals surface area contributed by atoms with Crippen LogP contribution in [0.3, 0.4) is 0 Å². The van der Waals surface area contributed by atoms with Crippen molar-refractivity contribution in [3.63, 3.8) is 0 Å². The number of thiophene rings is 1. The Morgan fingerprint density at radius 1 is 1.53 bits per heavy atom. The van der Waals surface area contributed by atoms with E-state index in [-0.39, 0.29) is 18.4 Å². The van der Waals surface area contributed by atoms with Crippen LogP contribution >= 0.6 is 23.7 Å². The number of carbonyl (C=O) groups is 1. The van der Waals surface area contributed by atoms with E-state index in [1.54, 1.807) is 6.07 Å². The van der Waals surface area contributed by atoms with Gasteiger partial charge in [0.1, 0.15) is 10.5 Å². The highest BCUT2D eigenvalue weighted by molar-refractivity contribution is 7.11. The molecule has 17 heavy (non-hydrogen) atoms. The number of hydrogen-bond donors (Lipinski definition) is 0. The van der Waals surface area contributed by atoms with Crippen LogP contribution in [-0.4, -0.2) is 37.1 Å². The number of ether oxygens (including phenoxy) is 1. The van der Waals surface area contributed by atoms with Gasteiger partial charge in [0.05, 0.1) is 0 Å². The zero-order valence-electron chi connectivity index (χ0n) is 10.7. The van der Waals surface area contributed by atoms with Crippen LogP contribution in [0.1, 0.15) is 29.9 Å². The van der Waals surface area contributed by atoms with E-state index < -0.39 is 5.60 Å². The summed E-state index contributed by atoms with van der Waals surface area (Å²) < 4.78 is 5.57. The predicted octanol–water partition coefficient (Wildman–Crippen LogP) is 3.06. The molecule has 0 aromatic carbocycles. The summed E-state index contributed by atoms with van der Waals surface area (Å²) in [6.07, 6.45) is 0.808. The average molecular weight is 278 g/mol. The van der Waals surface area contributed by atoms with Crippen molar-refractivity contribution in [2.24, 2.45) is 0 Å². The van der Waals surface area contributed by atoms with Gasteiger partial charge in [0, 0.05) is 6.54 Å². The van der Waals surface area contributed by atoms with Crippen LogP contribution in [0.15, 0.2) is 17.5 Å². The number of carbonyl (C=O) groups excluding carboxylic acids is 1. The lowest BCUT2D eigenvalue weighted by Gasteiger charge is -2.31. The molecule has 0 N–H and O–H groups in total. The van der Waals surface area contributed by atoms with E-state index in [0.717, 1.165) is 13.0 Å². The monoisotopic (exact) mass is 277 g/mol. The van der Waals surface area contributed by atoms with Gasteiger partial charge in [0.2, 0.25) is 0 Å². The van der Waals surface area contributed by atoms with E-state index in [1.165, 1.54) is 11.3 Å². The van der Waals surface area contributed by atoms with Gasteiger partial charge in [0.25, 0.3) is 0 Å². The fraction of sp³-hybridized carbons (Fsp3) is 0.583. The highest BCUT2D eigenvalue weighted by atomic mass is 35.5. The van der Waals surface area contributed by atoms with Gasteiger partial charge >= 0.3 is 5.97 Å². The van der Waals surface area contributed by atoms with Crippen LogP contribution in [0.4, 0.5) is 0 Å². The molecule has 1 rings (SSSR count). The average Bonchev–Trinajstić information content (AvgIpc) is 2.69. The highest BCUT2D eigenvalue weighted by Crippen LogP contribution is 2.20. The van der Waals surface area contributed by atoms with Gasteiger partial charge in [-0.2, -0.15) is 0 Å². The molecule has 0 aliphatic carbocycles. The van der Waals surface area contributed by atoms with Gasteiger partial charge in [-0.25, -0.2) is 4.79 Å². The minimum absolute atomic E-state index is 0. The molecule has 1 heterocycles. The molecule has 1 atom stereocenters. The minimum Gasteiger partial charge on any atom is -0.454 e. The number of likely N-dealkylation sites (N-methyl/N-ethyl adjacent to an activating group) is 1. The second kappa shape index (κ2) is 6.99. The summed E-state index contributed by atoms with van der Waals surface area (Å²) in [5.41, 5.74) is -0.412. The maximum absolute atomic E-state index is 11.8. The first-order valence-corrected chi connectivity index (χ1v) is 6.26. The smallest absolute Gasteiger partial charge is 0.348 e. The molecule has 0 radical (unpaired) electrons. The molecule has 0 saturated carbocycles. The Hall–Kier alpha value is -0.580. The van der Waals surface area contributed by atoms with Crippen LogP contribution in [0, 0.1) is 0 Å². The number of esters is 1. The Balaban J connectivity index is 0.00000256. The molecule has 0 aliphatic heterocycles. The van der Waals surface area contributed by atoms with Crippen molar-refractivity contribution in [1.82, 2.24) is 4.90 Å². The Labute approximate surface area is 113 Å². The first-order chi connectivity index (χ1) is 7.47. The van der Waals surface area contributed by atoms with E-state index >= 15 is 0 Å². The third-order valence-corrected chi connectivity index (χ3v) is 3.31. The first kappa shape index (κ1) is 16.4. The van der Waals surface area contributed by atoms with Gasteiger partial charge in [-0.3, -0.25) is 0 Å². The predicted molar refractivity (Wildman–Crippen MR) is 74.2 cm³/mol. The SMILES string of the molecule is CCC(C)(CN(C)C)OC(=O)c1cccs1.Cl. The van der Waals surface area contributed by atoms with Crippen molar-refractivity contribution in [2.75, 3.05) is 20.6 Å². The topological polar surface area (TPSA) is 29.5 Å². The zero-order chi connectivity index (χ0) is 12.2. The maximum Gasteiger partial charge on any atom is 0.348 e. The van der Waals surface area contributed by atoms with Crippen molar-refractivity contribution < 1.29 is 9.53 Å². The van der Waals surface area contributed by atoms with Crippen molar-refractivity contribution in [1.29, 1.82) is 0 Å². The standard InChI is InChI=1S/C12H19NO2S.ClH/c1-5-12(2,9-13(3)4)15-11(14)10-7-6-8-16-10;/h6-8H,5,9H2,1-4H3;1H. The number of halogens is 1.